The number of thioether (sulfide) groups is 1. The van der Waals surface area contributed by atoms with E-state index >= 15 is 0 Å². The van der Waals surface area contributed by atoms with Gasteiger partial charge in [-0.15, -0.1) is 11.8 Å². The van der Waals surface area contributed by atoms with Crippen LogP contribution in [0.4, 0.5) is 4.39 Å². The number of rotatable bonds is 6. The lowest BCUT2D eigenvalue weighted by atomic mass is 10.2. The molecule has 82 valence electrons. The van der Waals surface area contributed by atoms with Crippen molar-refractivity contribution in [1.29, 1.82) is 0 Å². The van der Waals surface area contributed by atoms with Gasteiger partial charge in [0, 0.05) is 11.3 Å². The minimum absolute atomic E-state index is 0.212. The monoisotopic (exact) mass is 228 g/mol. The first-order chi connectivity index (χ1) is 7.18. The Morgan fingerprint density at radius 2 is 2.20 bits per heavy atom. The SMILES string of the molecule is O=C(O)CCCCSc1cccc(F)c1. The Morgan fingerprint density at radius 3 is 2.87 bits per heavy atom. The molecule has 0 radical (unpaired) electrons. The van der Waals surface area contributed by atoms with E-state index in [9.17, 15) is 9.18 Å². The molecule has 0 bridgehead atoms. The number of hydrogen-bond donors (Lipinski definition) is 1. The van der Waals surface area contributed by atoms with Crippen molar-refractivity contribution in [2.24, 2.45) is 0 Å². The Labute approximate surface area is 92.5 Å². The number of unbranched alkanes of at least 4 members (excludes halogenated alkanes) is 1. The van der Waals surface area contributed by atoms with Crippen LogP contribution in [0.15, 0.2) is 29.2 Å². The van der Waals surface area contributed by atoms with Crippen molar-refractivity contribution in [2.75, 3.05) is 5.75 Å². The minimum Gasteiger partial charge on any atom is -0.481 e. The van der Waals surface area contributed by atoms with Gasteiger partial charge in [0.1, 0.15) is 5.82 Å². The third-order valence-corrected chi connectivity index (χ3v) is 2.93. The molecule has 0 aliphatic rings. The van der Waals surface area contributed by atoms with E-state index in [1.165, 1.54) is 12.1 Å². The van der Waals surface area contributed by atoms with Crippen molar-refractivity contribution in [1.82, 2.24) is 0 Å². The van der Waals surface area contributed by atoms with E-state index in [4.69, 9.17) is 5.11 Å². The van der Waals surface area contributed by atoms with Crippen LogP contribution in [-0.4, -0.2) is 16.8 Å². The van der Waals surface area contributed by atoms with E-state index in [2.05, 4.69) is 0 Å². The molecule has 4 heteroatoms. The summed E-state index contributed by atoms with van der Waals surface area (Å²) in [6.45, 7) is 0. The quantitative estimate of drug-likeness (QED) is 0.600. The lowest BCUT2D eigenvalue weighted by Crippen LogP contribution is -1.94. The molecule has 0 unspecified atom stereocenters. The molecule has 1 N–H and O–H groups in total. The third kappa shape index (κ3) is 5.42. The molecule has 0 saturated carbocycles. The van der Waals surface area contributed by atoms with Crippen molar-refractivity contribution in [3.63, 3.8) is 0 Å². The zero-order valence-electron chi connectivity index (χ0n) is 8.28. The van der Waals surface area contributed by atoms with E-state index < -0.39 is 5.97 Å². The average Bonchev–Trinajstić information content (AvgIpc) is 2.17. The number of carboxylic acids is 1. The smallest absolute Gasteiger partial charge is 0.303 e. The van der Waals surface area contributed by atoms with Gasteiger partial charge in [-0.3, -0.25) is 4.79 Å². The second-order valence-electron chi connectivity index (χ2n) is 3.16. The zero-order chi connectivity index (χ0) is 11.1. The standard InChI is InChI=1S/C11H13FO2S/c12-9-4-3-5-10(8-9)15-7-2-1-6-11(13)14/h3-5,8H,1-2,6-7H2,(H,13,14). The lowest BCUT2D eigenvalue weighted by Gasteiger charge is -2.00. The van der Waals surface area contributed by atoms with Crippen LogP contribution < -0.4 is 0 Å². The summed E-state index contributed by atoms with van der Waals surface area (Å²) < 4.78 is 12.8. The molecule has 0 heterocycles. The molecule has 0 aliphatic carbocycles. The van der Waals surface area contributed by atoms with Crippen molar-refractivity contribution >= 4 is 17.7 Å². The Balaban J connectivity index is 2.17. The molecule has 0 atom stereocenters. The predicted octanol–water partition coefficient (Wildman–Crippen LogP) is 3.17. The van der Waals surface area contributed by atoms with Gasteiger partial charge in [0.2, 0.25) is 0 Å². The first-order valence-electron chi connectivity index (χ1n) is 4.78. The lowest BCUT2D eigenvalue weighted by molar-refractivity contribution is -0.137. The molecule has 15 heavy (non-hydrogen) atoms. The predicted molar refractivity (Wildman–Crippen MR) is 58.6 cm³/mol. The normalized spacial score (nSPS) is 10.2. The van der Waals surface area contributed by atoms with E-state index in [0.717, 1.165) is 17.1 Å². The summed E-state index contributed by atoms with van der Waals surface area (Å²) in [5.41, 5.74) is 0. The van der Waals surface area contributed by atoms with E-state index in [1.807, 2.05) is 6.07 Å². The van der Waals surface area contributed by atoms with Crippen LogP contribution in [0.1, 0.15) is 19.3 Å². The molecule has 0 spiro atoms. The molecule has 0 amide bonds. The van der Waals surface area contributed by atoms with Gasteiger partial charge in [0.25, 0.3) is 0 Å². The van der Waals surface area contributed by atoms with Crippen LogP contribution in [0, 0.1) is 5.82 Å². The Morgan fingerprint density at radius 1 is 1.40 bits per heavy atom. The summed E-state index contributed by atoms with van der Waals surface area (Å²) in [6.07, 6.45) is 1.73. The summed E-state index contributed by atoms with van der Waals surface area (Å²) in [4.78, 5) is 11.1. The molecule has 1 aromatic rings. The van der Waals surface area contributed by atoms with Crippen LogP contribution in [0.5, 0.6) is 0 Å². The van der Waals surface area contributed by atoms with Crippen LogP contribution in [0.3, 0.4) is 0 Å². The van der Waals surface area contributed by atoms with Gasteiger partial charge in [-0.25, -0.2) is 4.39 Å². The first kappa shape index (κ1) is 12.0. The Bertz CT molecular complexity index is 328. The van der Waals surface area contributed by atoms with Crippen molar-refractivity contribution in [3.8, 4) is 0 Å². The minimum atomic E-state index is -0.759. The molecule has 1 aromatic carbocycles. The third-order valence-electron chi connectivity index (χ3n) is 1.85. The molecule has 0 aliphatic heterocycles. The van der Waals surface area contributed by atoms with Gasteiger partial charge in [-0.1, -0.05) is 6.07 Å². The van der Waals surface area contributed by atoms with Crippen molar-refractivity contribution in [2.45, 2.75) is 24.2 Å². The largest absolute Gasteiger partial charge is 0.481 e. The van der Waals surface area contributed by atoms with Gasteiger partial charge in [-0.05, 0) is 36.8 Å². The van der Waals surface area contributed by atoms with E-state index in [-0.39, 0.29) is 12.2 Å². The molecule has 1 rings (SSSR count). The highest BCUT2D eigenvalue weighted by molar-refractivity contribution is 7.99. The van der Waals surface area contributed by atoms with Crippen molar-refractivity contribution < 1.29 is 14.3 Å². The van der Waals surface area contributed by atoms with Crippen molar-refractivity contribution in [3.05, 3.63) is 30.1 Å². The number of carbonyl (C=O) groups is 1. The molecule has 2 nitrogen and oxygen atoms in total. The zero-order valence-corrected chi connectivity index (χ0v) is 9.10. The number of hydrogen-bond acceptors (Lipinski definition) is 2. The molecule has 0 saturated heterocycles. The fraction of sp³-hybridized carbons (Fsp3) is 0.364. The number of carboxylic acid groups (broad SMARTS) is 1. The second-order valence-corrected chi connectivity index (χ2v) is 4.33. The first-order valence-corrected chi connectivity index (χ1v) is 5.77. The summed E-state index contributed by atoms with van der Waals surface area (Å²) in [6, 6.07) is 6.43. The maximum absolute atomic E-state index is 12.8. The second kappa shape index (κ2) is 6.45. The average molecular weight is 228 g/mol. The number of benzene rings is 1. The molecular weight excluding hydrogens is 215 g/mol. The van der Waals surface area contributed by atoms with Crippen LogP contribution in [0.2, 0.25) is 0 Å². The van der Waals surface area contributed by atoms with Gasteiger partial charge in [-0.2, -0.15) is 0 Å². The number of aliphatic carboxylic acids is 1. The van der Waals surface area contributed by atoms with Gasteiger partial charge in [0.15, 0.2) is 0 Å². The Kier molecular flexibility index (Phi) is 5.18. The molecule has 0 aromatic heterocycles. The fourth-order valence-electron chi connectivity index (χ4n) is 1.13. The summed E-state index contributed by atoms with van der Waals surface area (Å²) >= 11 is 1.55. The molecule has 0 fully saturated rings. The summed E-state index contributed by atoms with van der Waals surface area (Å²) in [7, 11) is 0. The summed E-state index contributed by atoms with van der Waals surface area (Å²) in [5, 5.41) is 8.41. The van der Waals surface area contributed by atoms with E-state index in [1.54, 1.807) is 17.8 Å². The highest BCUT2D eigenvalue weighted by Gasteiger charge is 1.98. The van der Waals surface area contributed by atoms with Crippen LogP contribution in [-0.2, 0) is 4.79 Å². The fourth-order valence-corrected chi connectivity index (χ4v) is 2.08. The van der Waals surface area contributed by atoms with E-state index in [0.29, 0.717) is 6.42 Å². The van der Waals surface area contributed by atoms with Crippen LogP contribution >= 0.6 is 11.8 Å². The topological polar surface area (TPSA) is 37.3 Å². The maximum Gasteiger partial charge on any atom is 0.303 e. The summed E-state index contributed by atoms with van der Waals surface area (Å²) in [5.74, 6) is -0.159. The van der Waals surface area contributed by atoms with Gasteiger partial charge < -0.3 is 5.11 Å². The highest BCUT2D eigenvalue weighted by Crippen LogP contribution is 2.20. The number of halogens is 1. The highest BCUT2D eigenvalue weighted by atomic mass is 32.2. The van der Waals surface area contributed by atoms with Crippen LogP contribution in [0.25, 0.3) is 0 Å². The molecular formula is C11H13FO2S. The van der Waals surface area contributed by atoms with Gasteiger partial charge >= 0.3 is 5.97 Å². The van der Waals surface area contributed by atoms with Gasteiger partial charge in [0.05, 0.1) is 0 Å². The maximum atomic E-state index is 12.8. The Hall–Kier alpha value is -1.03.